The fourth-order valence-electron chi connectivity index (χ4n) is 2.37. The smallest absolute Gasteiger partial charge is 0.309 e. The maximum absolute atomic E-state index is 12.0. The lowest BCUT2D eigenvalue weighted by molar-refractivity contribution is -0.150. The van der Waals surface area contributed by atoms with Crippen LogP contribution in [-0.2, 0) is 9.59 Å². The number of carboxylic acids is 1. The topological polar surface area (TPSA) is 69.6 Å². The second-order valence-corrected chi connectivity index (χ2v) is 6.08. The standard InChI is InChI=1S/C15H19ClN2O3/c1-15(14(20)21)6-8-18(9-7-15)10-13(19)17-12-5-3-2-4-11(12)16/h2-5H,6-10H2,1H3,(H,17,19)(H,20,21). The Hall–Kier alpha value is -1.59. The van der Waals surface area contributed by atoms with Gasteiger partial charge in [0.05, 0.1) is 22.7 Å². The zero-order chi connectivity index (χ0) is 15.5. The summed E-state index contributed by atoms with van der Waals surface area (Å²) in [6, 6.07) is 7.07. The molecule has 1 aliphatic heterocycles. The second-order valence-electron chi connectivity index (χ2n) is 5.67. The summed E-state index contributed by atoms with van der Waals surface area (Å²) in [6.45, 7) is 3.23. The van der Waals surface area contributed by atoms with Crippen LogP contribution in [0.5, 0.6) is 0 Å². The molecule has 1 amide bonds. The van der Waals surface area contributed by atoms with Gasteiger partial charge < -0.3 is 10.4 Å². The lowest BCUT2D eigenvalue weighted by atomic mass is 9.80. The molecule has 21 heavy (non-hydrogen) atoms. The molecule has 1 saturated heterocycles. The number of carbonyl (C=O) groups excluding carboxylic acids is 1. The normalized spacial score (nSPS) is 18.2. The molecule has 0 spiro atoms. The summed E-state index contributed by atoms with van der Waals surface area (Å²) in [5, 5.41) is 12.5. The molecule has 1 aliphatic rings. The molecule has 0 radical (unpaired) electrons. The number of likely N-dealkylation sites (tertiary alicyclic amines) is 1. The fourth-order valence-corrected chi connectivity index (χ4v) is 2.56. The number of hydrogen-bond donors (Lipinski definition) is 2. The van der Waals surface area contributed by atoms with Gasteiger partial charge in [0, 0.05) is 0 Å². The maximum Gasteiger partial charge on any atom is 0.309 e. The zero-order valence-corrected chi connectivity index (χ0v) is 12.7. The first-order valence-electron chi connectivity index (χ1n) is 6.91. The average Bonchev–Trinajstić information content (AvgIpc) is 2.44. The van der Waals surface area contributed by atoms with Crippen molar-refractivity contribution in [2.45, 2.75) is 19.8 Å². The Balaban J connectivity index is 1.85. The van der Waals surface area contributed by atoms with E-state index in [1.165, 1.54) is 0 Å². The molecule has 1 aromatic carbocycles. The summed E-state index contributed by atoms with van der Waals surface area (Å²) in [4.78, 5) is 25.1. The number of anilines is 1. The first kappa shape index (κ1) is 15.8. The number of hydrogen-bond acceptors (Lipinski definition) is 3. The van der Waals surface area contributed by atoms with E-state index in [0.29, 0.717) is 36.6 Å². The molecule has 6 heteroatoms. The van der Waals surface area contributed by atoms with Crippen LogP contribution in [0.2, 0.25) is 5.02 Å². The van der Waals surface area contributed by atoms with Crippen LogP contribution in [0.15, 0.2) is 24.3 Å². The van der Waals surface area contributed by atoms with Gasteiger partial charge in [-0.2, -0.15) is 0 Å². The summed E-state index contributed by atoms with van der Waals surface area (Å²) in [7, 11) is 0. The van der Waals surface area contributed by atoms with Crippen molar-refractivity contribution in [1.82, 2.24) is 4.90 Å². The molecule has 1 fully saturated rings. The number of nitrogens with zero attached hydrogens (tertiary/aromatic N) is 1. The minimum atomic E-state index is -0.761. The Morgan fingerprint density at radius 1 is 1.33 bits per heavy atom. The predicted molar refractivity (Wildman–Crippen MR) is 81.5 cm³/mol. The van der Waals surface area contributed by atoms with Crippen LogP contribution >= 0.6 is 11.6 Å². The van der Waals surface area contributed by atoms with E-state index < -0.39 is 11.4 Å². The van der Waals surface area contributed by atoms with Crippen molar-refractivity contribution >= 4 is 29.2 Å². The molecule has 0 aromatic heterocycles. The molecular weight excluding hydrogens is 292 g/mol. The monoisotopic (exact) mass is 310 g/mol. The Morgan fingerprint density at radius 2 is 1.95 bits per heavy atom. The van der Waals surface area contributed by atoms with Crippen molar-refractivity contribution < 1.29 is 14.7 Å². The summed E-state index contributed by atoms with van der Waals surface area (Å²) in [5.41, 5.74) is -0.0769. The van der Waals surface area contributed by atoms with Crippen molar-refractivity contribution in [2.24, 2.45) is 5.41 Å². The van der Waals surface area contributed by atoms with E-state index in [4.69, 9.17) is 11.6 Å². The minimum absolute atomic E-state index is 0.137. The Labute approximate surface area is 128 Å². The number of halogens is 1. The third-order valence-corrected chi connectivity index (χ3v) is 4.32. The van der Waals surface area contributed by atoms with Crippen LogP contribution in [-0.4, -0.2) is 41.5 Å². The van der Waals surface area contributed by atoms with E-state index in [1.807, 2.05) is 4.90 Å². The van der Waals surface area contributed by atoms with Crippen molar-refractivity contribution in [3.63, 3.8) is 0 Å². The van der Waals surface area contributed by atoms with Gasteiger partial charge in [0.25, 0.3) is 0 Å². The number of para-hydroxylation sites is 1. The average molecular weight is 311 g/mol. The van der Waals surface area contributed by atoms with Gasteiger partial charge in [0.2, 0.25) is 5.91 Å². The largest absolute Gasteiger partial charge is 0.481 e. The van der Waals surface area contributed by atoms with Gasteiger partial charge in [-0.05, 0) is 45.0 Å². The van der Waals surface area contributed by atoms with Gasteiger partial charge in [-0.15, -0.1) is 0 Å². The molecule has 1 heterocycles. The number of benzene rings is 1. The summed E-state index contributed by atoms with van der Waals surface area (Å²) >= 11 is 5.99. The number of rotatable bonds is 4. The molecule has 0 aliphatic carbocycles. The lowest BCUT2D eigenvalue weighted by Crippen LogP contribution is -2.45. The Morgan fingerprint density at radius 3 is 2.52 bits per heavy atom. The Kier molecular flexibility index (Phi) is 4.85. The molecule has 2 N–H and O–H groups in total. The third-order valence-electron chi connectivity index (χ3n) is 3.99. The van der Waals surface area contributed by atoms with E-state index >= 15 is 0 Å². The molecule has 1 aromatic rings. The number of amides is 1. The molecule has 0 unspecified atom stereocenters. The highest BCUT2D eigenvalue weighted by Crippen LogP contribution is 2.31. The first-order chi connectivity index (χ1) is 9.90. The van der Waals surface area contributed by atoms with Gasteiger partial charge in [-0.25, -0.2) is 0 Å². The molecule has 114 valence electrons. The molecule has 2 rings (SSSR count). The summed E-state index contributed by atoms with van der Waals surface area (Å²) < 4.78 is 0. The van der Waals surface area contributed by atoms with Crippen LogP contribution in [0.4, 0.5) is 5.69 Å². The van der Waals surface area contributed by atoms with Crippen molar-refractivity contribution in [3.05, 3.63) is 29.3 Å². The number of piperidine rings is 1. The molecule has 5 nitrogen and oxygen atoms in total. The van der Waals surface area contributed by atoms with E-state index in [-0.39, 0.29) is 12.5 Å². The van der Waals surface area contributed by atoms with Gasteiger partial charge in [-0.3, -0.25) is 14.5 Å². The van der Waals surface area contributed by atoms with Crippen molar-refractivity contribution in [1.29, 1.82) is 0 Å². The summed E-state index contributed by atoms with van der Waals surface area (Å²) in [5.74, 6) is -0.898. The predicted octanol–water partition coefficient (Wildman–Crippen LogP) is 2.47. The molecule has 0 saturated carbocycles. The van der Waals surface area contributed by atoms with Crippen molar-refractivity contribution in [2.75, 3.05) is 25.0 Å². The molecule has 0 atom stereocenters. The number of nitrogens with one attached hydrogen (secondary N) is 1. The van der Waals surface area contributed by atoms with E-state index in [2.05, 4.69) is 5.32 Å². The van der Waals surface area contributed by atoms with Gasteiger partial charge in [-0.1, -0.05) is 23.7 Å². The number of aliphatic carboxylic acids is 1. The van der Waals surface area contributed by atoms with E-state index in [1.54, 1.807) is 31.2 Å². The quantitative estimate of drug-likeness (QED) is 0.896. The zero-order valence-electron chi connectivity index (χ0n) is 11.9. The van der Waals surface area contributed by atoms with Crippen LogP contribution in [0.25, 0.3) is 0 Å². The first-order valence-corrected chi connectivity index (χ1v) is 7.29. The second kappa shape index (κ2) is 6.45. The van der Waals surface area contributed by atoms with Gasteiger partial charge in [0.15, 0.2) is 0 Å². The summed E-state index contributed by atoms with van der Waals surface area (Å²) in [6.07, 6.45) is 1.11. The Bertz CT molecular complexity index is 539. The van der Waals surface area contributed by atoms with E-state index in [0.717, 1.165) is 0 Å². The van der Waals surface area contributed by atoms with Crippen molar-refractivity contribution in [3.8, 4) is 0 Å². The fraction of sp³-hybridized carbons (Fsp3) is 0.467. The van der Waals surface area contributed by atoms with Gasteiger partial charge >= 0.3 is 5.97 Å². The maximum atomic E-state index is 12.0. The molecular formula is C15H19ClN2O3. The van der Waals surface area contributed by atoms with Gasteiger partial charge in [0.1, 0.15) is 0 Å². The van der Waals surface area contributed by atoms with Crippen LogP contribution < -0.4 is 5.32 Å². The van der Waals surface area contributed by atoms with Crippen LogP contribution in [0.1, 0.15) is 19.8 Å². The van der Waals surface area contributed by atoms with E-state index in [9.17, 15) is 14.7 Å². The van der Waals surface area contributed by atoms with Crippen LogP contribution in [0, 0.1) is 5.41 Å². The number of carboxylic acid groups (broad SMARTS) is 1. The number of carbonyl (C=O) groups is 2. The molecule has 0 bridgehead atoms. The highest BCUT2D eigenvalue weighted by atomic mass is 35.5. The highest BCUT2D eigenvalue weighted by Gasteiger charge is 2.37. The highest BCUT2D eigenvalue weighted by molar-refractivity contribution is 6.33. The third kappa shape index (κ3) is 3.95. The lowest BCUT2D eigenvalue weighted by Gasteiger charge is -2.36. The van der Waals surface area contributed by atoms with Crippen LogP contribution in [0.3, 0.4) is 0 Å². The minimum Gasteiger partial charge on any atom is -0.481 e. The SMILES string of the molecule is CC1(C(=O)O)CCN(CC(=O)Nc2ccccc2Cl)CC1.